The van der Waals surface area contributed by atoms with Crippen molar-refractivity contribution in [2.75, 3.05) is 13.2 Å². The maximum absolute atomic E-state index is 12.3. The number of carbonyl (C=O) groups is 1. The highest BCUT2D eigenvalue weighted by Crippen LogP contribution is 2.13. The monoisotopic (exact) mass is 377 g/mol. The Kier molecular flexibility index (Phi) is 8.06. The molecule has 0 radical (unpaired) electrons. The van der Waals surface area contributed by atoms with Gasteiger partial charge in [-0.05, 0) is 44.9 Å². The molecule has 0 saturated heterocycles. The molecule has 0 fully saturated rings. The van der Waals surface area contributed by atoms with Gasteiger partial charge in [-0.25, -0.2) is 0 Å². The first-order valence-corrected chi connectivity index (χ1v) is 10.3. The summed E-state index contributed by atoms with van der Waals surface area (Å²) in [5, 5.41) is 2.80. The average Bonchev–Trinajstić information content (AvgIpc) is 3.04. The molecule has 0 saturated carbocycles. The molecule has 1 N–H and O–H groups in total. The van der Waals surface area contributed by atoms with Gasteiger partial charge in [-0.1, -0.05) is 29.8 Å². The van der Waals surface area contributed by atoms with Crippen molar-refractivity contribution in [3.05, 3.63) is 59.0 Å². The van der Waals surface area contributed by atoms with Crippen LogP contribution >= 0.6 is 0 Å². The second kappa shape index (κ2) is 10.3. The van der Waals surface area contributed by atoms with Crippen LogP contribution in [0.15, 0.2) is 40.8 Å². The zero-order valence-electron chi connectivity index (χ0n) is 15.6. The fourth-order valence-electron chi connectivity index (χ4n) is 2.34. The third kappa shape index (κ3) is 7.14. The fourth-order valence-corrected chi connectivity index (χ4v) is 3.48. The molecule has 0 aliphatic heterocycles. The van der Waals surface area contributed by atoms with Gasteiger partial charge in [0.25, 0.3) is 5.91 Å². The Hall–Kier alpha value is -1.92. The Morgan fingerprint density at radius 2 is 1.88 bits per heavy atom. The van der Waals surface area contributed by atoms with Gasteiger partial charge in [-0.15, -0.1) is 0 Å². The number of nitrogens with one attached hydrogen (secondary N) is 1. The van der Waals surface area contributed by atoms with Crippen molar-refractivity contribution in [1.29, 1.82) is 0 Å². The van der Waals surface area contributed by atoms with E-state index in [1.165, 1.54) is 5.56 Å². The number of carbonyl (C=O) groups excluding carboxylic acids is 1. The molecular formula is C20H27NO4S. The van der Waals surface area contributed by atoms with E-state index < -0.39 is 10.8 Å². The molecule has 0 aliphatic rings. The second-order valence-corrected chi connectivity index (χ2v) is 7.97. The normalized spacial score (nSPS) is 12.3. The Morgan fingerprint density at radius 3 is 2.58 bits per heavy atom. The number of aryl methyl sites for hydroxylation is 1. The number of ether oxygens (including phenoxy) is 1. The number of rotatable bonds is 10. The van der Waals surface area contributed by atoms with Gasteiger partial charge in [-0.2, -0.15) is 0 Å². The minimum absolute atomic E-state index is 0.194. The highest BCUT2D eigenvalue weighted by atomic mass is 32.2. The molecule has 0 aliphatic carbocycles. The van der Waals surface area contributed by atoms with Crippen LogP contribution in [0.5, 0.6) is 0 Å². The number of hydrogen-bond donors (Lipinski definition) is 1. The van der Waals surface area contributed by atoms with E-state index in [0.717, 1.165) is 12.0 Å². The van der Waals surface area contributed by atoms with E-state index in [9.17, 15) is 9.00 Å². The summed E-state index contributed by atoms with van der Waals surface area (Å²) in [6.45, 7) is 7.12. The predicted molar refractivity (Wildman–Crippen MR) is 103 cm³/mol. The van der Waals surface area contributed by atoms with Gasteiger partial charge in [0.05, 0.1) is 11.9 Å². The summed E-state index contributed by atoms with van der Waals surface area (Å²) < 4.78 is 23.2. The van der Waals surface area contributed by atoms with E-state index in [1.54, 1.807) is 12.1 Å². The maximum atomic E-state index is 12.3. The molecule has 1 aromatic heterocycles. The van der Waals surface area contributed by atoms with E-state index in [0.29, 0.717) is 30.4 Å². The molecule has 2 rings (SSSR count). The summed E-state index contributed by atoms with van der Waals surface area (Å²) in [5.41, 5.74) is 2.21. The smallest absolute Gasteiger partial charge is 0.286 e. The summed E-state index contributed by atoms with van der Waals surface area (Å²) in [5.74, 6) is 1.31. The van der Waals surface area contributed by atoms with E-state index in [1.807, 2.05) is 45.0 Å². The van der Waals surface area contributed by atoms with Crippen LogP contribution < -0.4 is 5.32 Å². The van der Waals surface area contributed by atoms with E-state index in [2.05, 4.69) is 5.32 Å². The van der Waals surface area contributed by atoms with Crippen LogP contribution in [0, 0.1) is 6.92 Å². The molecule has 1 heterocycles. The molecule has 2 aromatic rings. The van der Waals surface area contributed by atoms with E-state index >= 15 is 0 Å². The molecule has 1 aromatic carbocycles. The zero-order valence-corrected chi connectivity index (χ0v) is 16.4. The van der Waals surface area contributed by atoms with Gasteiger partial charge in [0.15, 0.2) is 5.76 Å². The number of hydrogen-bond acceptors (Lipinski definition) is 4. The Bertz CT molecular complexity index is 722. The molecular weight excluding hydrogens is 350 g/mol. The highest BCUT2D eigenvalue weighted by molar-refractivity contribution is 7.83. The lowest BCUT2D eigenvalue weighted by Gasteiger charge is -2.07. The molecule has 1 amide bonds. The van der Waals surface area contributed by atoms with Gasteiger partial charge >= 0.3 is 0 Å². The third-order valence-electron chi connectivity index (χ3n) is 3.69. The quantitative estimate of drug-likeness (QED) is 0.643. The Labute approximate surface area is 157 Å². The third-order valence-corrected chi connectivity index (χ3v) is 4.96. The standard InChI is InChI=1S/C20H27NO4S/c1-15(2)24-12-4-11-21-20(22)19-10-9-18(25-19)14-26(23)13-17-7-5-16(3)6-8-17/h5-10,15H,4,11-14H2,1-3H3,(H,21,22). The van der Waals surface area contributed by atoms with Crippen molar-refractivity contribution >= 4 is 16.7 Å². The molecule has 1 atom stereocenters. The van der Waals surface area contributed by atoms with Crippen molar-refractivity contribution in [1.82, 2.24) is 5.32 Å². The number of benzene rings is 1. The highest BCUT2D eigenvalue weighted by Gasteiger charge is 2.13. The average molecular weight is 378 g/mol. The fraction of sp³-hybridized carbons (Fsp3) is 0.450. The molecule has 0 spiro atoms. The van der Waals surface area contributed by atoms with Crippen LogP contribution in [0.2, 0.25) is 0 Å². The van der Waals surface area contributed by atoms with Gasteiger partial charge < -0.3 is 14.5 Å². The number of amides is 1. The predicted octanol–water partition coefficient (Wildman–Crippen LogP) is 3.58. The minimum atomic E-state index is -1.08. The first-order chi connectivity index (χ1) is 12.4. The van der Waals surface area contributed by atoms with Gasteiger partial charge in [0, 0.05) is 29.7 Å². The van der Waals surface area contributed by atoms with Crippen LogP contribution in [0.1, 0.15) is 47.7 Å². The topological polar surface area (TPSA) is 68.5 Å². The molecule has 142 valence electrons. The second-order valence-electron chi connectivity index (χ2n) is 6.51. The van der Waals surface area contributed by atoms with Gasteiger partial charge in [0.1, 0.15) is 5.76 Å². The Balaban J connectivity index is 1.76. The first-order valence-electron chi connectivity index (χ1n) is 8.83. The summed E-state index contributed by atoms with van der Waals surface area (Å²) >= 11 is 0. The summed E-state index contributed by atoms with van der Waals surface area (Å²) in [6, 6.07) is 11.3. The van der Waals surface area contributed by atoms with Crippen LogP contribution in [0.25, 0.3) is 0 Å². The van der Waals surface area contributed by atoms with E-state index in [4.69, 9.17) is 9.15 Å². The summed E-state index contributed by atoms with van der Waals surface area (Å²) in [4.78, 5) is 12.0. The van der Waals surface area contributed by atoms with Crippen molar-refractivity contribution < 1.29 is 18.2 Å². The van der Waals surface area contributed by atoms with Gasteiger partial charge in [-0.3, -0.25) is 9.00 Å². The zero-order chi connectivity index (χ0) is 18.9. The van der Waals surface area contributed by atoms with Crippen LogP contribution in [-0.4, -0.2) is 29.4 Å². The lowest BCUT2D eigenvalue weighted by Crippen LogP contribution is -2.25. The molecule has 6 heteroatoms. The maximum Gasteiger partial charge on any atom is 0.286 e. The van der Waals surface area contributed by atoms with Crippen molar-refractivity contribution in [2.45, 2.75) is 44.8 Å². The van der Waals surface area contributed by atoms with Gasteiger partial charge in [0.2, 0.25) is 0 Å². The Morgan fingerprint density at radius 1 is 1.15 bits per heavy atom. The molecule has 0 bridgehead atoms. The summed E-state index contributed by atoms with van der Waals surface area (Å²) in [6.07, 6.45) is 0.942. The van der Waals surface area contributed by atoms with Crippen molar-refractivity contribution in [3.63, 3.8) is 0 Å². The van der Waals surface area contributed by atoms with Crippen molar-refractivity contribution in [2.24, 2.45) is 0 Å². The SMILES string of the molecule is Cc1ccc(CS(=O)Cc2ccc(C(=O)NCCCOC(C)C)o2)cc1. The minimum Gasteiger partial charge on any atom is -0.455 e. The first kappa shape index (κ1) is 20.4. The lowest BCUT2D eigenvalue weighted by atomic mass is 10.2. The molecule has 5 nitrogen and oxygen atoms in total. The van der Waals surface area contributed by atoms with Crippen LogP contribution in [-0.2, 0) is 27.0 Å². The number of furan rings is 1. The molecule has 1 unspecified atom stereocenters. The molecule has 26 heavy (non-hydrogen) atoms. The summed E-state index contributed by atoms with van der Waals surface area (Å²) in [7, 11) is -1.08. The van der Waals surface area contributed by atoms with E-state index in [-0.39, 0.29) is 17.8 Å². The largest absolute Gasteiger partial charge is 0.455 e. The van der Waals surface area contributed by atoms with Crippen LogP contribution in [0.3, 0.4) is 0 Å². The lowest BCUT2D eigenvalue weighted by molar-refractivity contribution is 0.0753. The van der Waals surface area contributed by atoms with Crippen molar-refractivity contribution in [3.8, 4) is 0 Å². The van der Waals surface area contributed by atoms with Crippen LogP contribution in [0.4, 0.5) is 0 Å².